The van der Waals surface area contributed by atoms with Gasteiger partial charge in [0, 0.05) is 24.9 Å². The molecular formula is C23H28N4O. The Morgan fingerprint density at radius 3 is 2.71 bits per heavy atom. The van der Waals surface area contributed by atoms with Gasteiger partial charge in [-0.15, -0.1) is 0 Å². The second kappa shape index (κ2) is 8.15. The predicted octanol–water partition coefficient (Wildman–Crippen LogP) is 4.74. The maximum atomic E-state index is 5.27. The largest absolute Gasteiger partial charge is 0.497 e. The molecule has 146 valence electrons. The molecule has 0 saturated carbocycles. The van der Waals surface area contributed by atoms with Crippen LogP contribution in [0, 0.1) is 0 Å². The van der Waals surface area contributed by atoms with E-state index >= 15 is 0 Å². The topological polar surface area (TPSA) is 43.2 Å². The quantitative estimate of drug-likeness (QED) is 0.623. The Labute approximate surface area is 167 Å². The van der Waals surface area contributed by atoms with Crippen molar-refractivity contribution in [2.75, 3.05) is 13.7 Å². The lowest BCUT2D eigenvalue weighted by molar-refractivity contribution is 0.244. The number of likely N-dealkylation sites (tertiary alicyclic amines) is 1. The molecule has 1 fully saturated rings. The monoisotopic (exact) mass is 376 g/mol. The molecule has 28 heavy (non-hydrogen) atoms. The maximum Gasteiger partial charge on any atom is 0.138 e. The van der Waals surface area contributed by atoms with Crippen LogP contribution in [-0.2, 0) is 6.54 Å². The zero-order chi connectivity index (χ0) is 19.5. The lowest BCUT2D eigenvalue weighted by atomic mass is 10.1. The van der Waals surface area contributed by atoms with Gasteiger partial charge < -0.3 is 4.74 Å². The molecule has 0 N–H and O–H groups in total. The van der Waals surface area contributed by atoms with E-state index in [2.05, 4.69) is 58.6 Å². The number of rotatable bonds is 6. The van der Waals surface area contributed by atoms with Gasteiger partial charge in [-0.05, 0) is 49.2 Å². The zero-order valence-electron chi connectivity index (χ0n) is 16.9. The van der Waals surface area contributed by atoms with Crippen LogP contribution in [0.2, 0.25) is 0 Å². The molecule has 1 atom stereocenters. The number of hydrogen-bond acceptors (Lipinski definition) is 4. The molecular weight excluding hydrogens is 348 g/mol. The molecule has 1 aromatic carbocycles. The SMILES string of the molecule is COc1ccc(CN2CCCC2c2cccc(-n3ccnc3C(C)C)n2)cc1. The zero-order valence-corrected chi connectivity index (χ0v) is 16.9. The van der Waals surface area contributed by atoms with Crippen LogP contribution in [-0.4, -0.2) is 33.1 Å². The minimum atomic E-state index is 0.355. The molecule has 1 saturated heterocycles. The van der Waals surface area contributed by atoms with E-state index in [1.807, 2.05) is 24.5 Å². The fourth-order valence-electron chi connectivity index (χ4n) is 4.01. The number of methoxy groups -OCH3 is 1. The Kier molecular flexibility index (Phi) is 5.44. The van der Waals surface area contributed by atoms with Crippen LogP contribution in [0.3, 0.4) is 0 Å². The molecule has 0 amide bonds. The summed E-state index contributed by atoms with van der Waals surface area (Å²) in [6.45, 7) is 6.36. The Morgan fingerprint density at radius 2 is 1.96 bits per heavy atom. The third kappa shape index (κ3) is 3.80. The van der Waals surface area contributed by atoms with Crippen molar-refractivity contribution in [2.24, 2.45) is 0 Å². The van der Waals surface area contributed by atoms with Crippen molar-refractivity contribution in [3.63, 3.8) is 0 Å². The summed E-state index contributed by atoms with van der Waals surface area (Å²) in [6, 6.07) is 15.1. The number of imidazole rings is 1. The first-order valence-corrected chi connectivity index (χ1v) is 10.0. The average Bonchev–Trinajstić information content (AvgIpc) is 3.38. The second-order valence-electron chi connectivity index (χ2n) is 7.71. The molecule has 2 aromatic heterocycles. The highest BCUT2D eigenvalue weighted by Crippen LogP contribution is 2.33. The average molecular weight is 377 g/mol. The van der Waals surface area contributed by atoms with Gasteiger partial charge >= 0.3 is 0 Å². The maximum absolute atomic E-state index is 5.27. The van der Waals surface area contributed by atoms with Crippen molar-refractivity contribution in [3.8, 4) is 11.6 Å². The summed E-state index contributed by atoms with van der Waals surface area (Å²) in [5, 5.41) is 0. The van der Waals surface area contributed by atoms with E-state index < -0.39 is 0 Å². The van der Waals surface area contributed by atoms with Gasteiger partial charge in [-0.1, -0.05) is 32.0 Å². The number of nitrogens with zero attached hydrogens (tertiary/aromatic N) is 4. The van der Waals surface area contributed by atoms with Gasteiger partial charge in [-0.25, -0.2) is 9.97 Å². The van der Waals surface area contributed by atoms with E-state index in [0.717, 1.165) is 42.6 Å². The van der Waals surface area contributed by atoms with E-state index in [0.29, 0.717) is 12.0 Å². The molecule has 1 unspecified atom stereocenters. The first-order valence-electron chi connectivity index (χ1n) is 10.0. The molecule has 5 heteroatoms. The van der Waals surface area contributed by atoms with Crippen LogP contribution in [0.4, 0.5) is 0 Å². The predicted molar refractivity (Wildman–Crippen MR) is 111 cm³/mol. The van der Waals surface area contributed by atoms with E-state index in [-0.39, 0.29) is 0 Å². The summed E-state index contributed by atoms with van der Waals surface area (Å²) < 4.78 is 7.38. The van der Waals surface area contributed by atoms with Crippen molar-refractivity contribution in [1.82, 2.24) is 19.4 Å². The summed E-state index contributed by atoms with van der Waals surface area (Å²) in [6.07, 6.45) is 6.21. The van der Waals surface area contributed by atoms with Crippen LogP contribution in [0.1, 0.15) is 55.7 Å². The van der Waals surface area contributed by atoms with E-state index in [9.17, 15) is 0 Å². The highest BCUT2D eigenvalue weighted by atomic mass is 16.5. The van der Waals surface area contributed by atoms with E-state index in [4.69, 9.17) is 9.72 Å². The van der Waals surface area contributed by atoms with Crippen LogP contribution >= 0.6 is 0 Å². The number of benzene rings is 1. The van der Waals surface area contributed by atoms with Gasteiger partial charge in [0.1, 0.15) is 17.4 Å². The Bertz CT molecular complexity index is 916. The Hall–Kier alpha value is -2.66. The Balaban J connectivity index is 1.56. The second-order valence-corrected chi connectivity index (χ2v) is 7.71. The van der Waals surface area contributed by atoms with Gasteiger partial charge in [-0.3, -0.25) is 9.47 Å². The van der Waals surface area contributed by atoms with E-state index in [1.54, 1.807) is 7.11 Å². The standard InChI is InChI=1S/C23H28N4O/c1-17(2)23-24-13-15-27(23)22-8-4-6-20(25-22)21-7-5-14-26(21)16-18-9-11-19(28-3)12-10-18/h4,6,8-13,15,17,21H,5,7,14,16H2,1-3H3. The van der Waals surface area contributed by atoms with Gasteiger partial charge in [-0.2, -0.15) is 0 Å². The highest BCUT2D eigenvalue weighted by Gasteiger charge is 2.27. The molecule has 0 aliphatic carbocycles. The fraction of sp³-hybridized carbons (Fsp3) is 0.391. The lowest BCUT2D eigenvalue weighted by Crippen LogP contribution is -2.23. The molecule has 5 nitrogen and oxygen atoms in total. The molecule has 0 bridgehead atoms. The summed E-state index contributed by atoms with van der Waals surface area (Å²) >= 11 is 0. The Morgan fingerprint density at radius 1 is 1.14 bits per heavy atom. The van der Waals surface area contributed by atoms with Crippen LogP contribution in [0.25, 0.3) is 5.82 Å². The van der Waals surface area contributed by atoms with Gasteiger partial charge in [0.15, 0.2) is 0 Å². The summed E-state index contributed by atoms with van der Waals surface area (Å²) in [4.78, 5) is 12.1. The summed E-state index contributed by atoms with van der Waals surface area (Å²) in [7, 11) is 1.70. The van der Waals surface area contributed by atoms with Crippen molar-refractivity contribution >= 4 is 0 Å². The molecule has 0 radical (unpaired) electrons. The van der Waals surface area contributed by atoms with E-state index in [1.165, 1.54) is 12.0 Å². The van der Waals surface area contributed by atoms with Crippen LogP contribution in [0.5, 0.6) is 5.75 Å². The molecule has 1 aliphatic heterocycles. The molecule has 4 rings (SSSR count). The van der Waals surface area contributed by atoms with Crippen molar-refractivity contribution in [1.29, 1.82) is 0 Å². The number of hydrogen-bond donors (Lipinski definition) is 0. The molecule has 0 spiro atoms. The minimum absolute atomic E-state index is 0.355. The smallest absolute Gasteiger partial charge is 0.138 e. The minimum Gasteiger partial charge on any atom is -0.497 e. The first kappa shape index (κ1) is 18.7. The summed E-state index contributed by atoms with van der Waals surface area (Å²) in [5.74, 6) is 3.26. The van der Waals surface area contributed by atoms with Crippen molar-refractivity contribution in [2.45, 2.75) is 45.2 Å². The van der Waals surface area contributed by atoms with Gasteiger partial charge in [0.25, 0.3) is 0 Å². The summed E-state index contributed by atoms with van der Waals surface area (Å²) in [5.41, 5.74) is 2.45. The number of ether oxygens (including phenoxy) is 1. The highest BCUT2D eigenvalue weighted by molar-refractivity contribution is 5.30. The third-order valence-electron chi connectivity index (χ3n) is 5.44. The third-order valence-corrected chi connectivity index (χ3v) is 5.44. The van der Waals surface area contributed by atoms with Crippen molar-refractivity contribution in [3.05, 3.63) is 71.9 Å². The van der Waals surface area contributed by atoms with Crippen LogP contribution < -0.4 is 4.74 Å². The lowest BCUT2D eigenvalue weighted by Gasteiger charge is -2.24. The van der Waals surface area contributed by atoms with Gasteiger partial charge in [0.05, 0.1) is 18.8 Å². The molecule has 3 aromatic rings. The number of pyridine rings is 1. The fourth-order valence-corrected chi connectivity index (χ4v) is 4.01. The normalized spacial score (nSPS) is 17.4. The van der Waals surface area contributed by atoms with Gasteiger partial charge in [0.2, 0.25) is 0 Å². The first-order chi connectivity index (χ1) is 13.7. The van der Waals surface area contributed by atoms with Crippen molar-refractivity contribution < 1.29 is 4.74 Å². The molecule has 3 heterocycles. The molecule has 1 aliphatic rings. The number of aromatic nitrogens is 3. The van der Waals surface area contributed by atoms with Crippen LogP contribution in [0.15, 0.2) is 54.9 Å².